The van der Waals surface area contributed by atoms with Crippen LogP contribution in [0, 0.1) is 0 Å². The van der Waals surface area contributed by atoms with Gasteiger partial charge in [-0.05, 0) is 30.8 Å². The van der Waals surface area contributed by atoms with E-state index in [-0.39, 0.29) is 11.8 Å². The Morgan fingerprint density at radius 1 is 1.00 bits per heavy atom. The highest BCUT2D eigenvalue weighted by molar-refractivity contribution is 6.18. The smallest absolute Gasteiger partial charge is 0.260 e. The summed E-state index contributed by atoms with van der Waals surface area (Å²) in [6.45, 7) is 3.44. The predicted molar refractivity (Wildman–Crippen MR) is 95.9 cm³/mol. The van der Waals surface area contributed by atoms with Crippen LogP contribution in [0.2, 0.25) is 0 Å². The number of rotatable bonds is 4. The number of para-hydroxylation sites is 3. The van der Waals surface area contributed by atoms with E-state index in [1.54, 1.807) is 22.9 Å². The van der Waals surface area contributed by atoms with Gasteiger partial charge in [0.1, 0.15) is 0 Å². The van der Waals surface area contributed by atoms with Crippen LogP contribution in [0.1, 0.15) is 23.7 Å². The SMILES string of the molecule is CCNCCC(=O)N1c2ccccc2C(=O)N(C)c2ccccc21. The van der Waals surface area contributed by atoms with E-state index in [2.05, 4.69) is 5.32 Å². The third-order valence-electron chi connectivity index (χ3n) is 4.18. The van der Waals surface area contributed by atoms with Crippen LogP contribution in [-0.4, -0.2) is 32.0 Å². The number of anilines is 3. The number of carbonyl (C=O) groups is 2. The molecule has 2 aromatic carbocycles. The van der Waals surface area contributed by atoms with Crippen molar-refractivity contribution in [2.24, 2.45) is 0 Å². The molecule has 2 aromatic rings. The topological polar surface area (TPSA) is 52.7 Å². The second-order valence-electron chi connectivity index (χ2n) is 5.70. The molecular weight excluding hydrogens is 302 g/mol. The van der Waals surface area contributed by atoms with Crippen LogP contribution in [0.3, 0.4) is 0 Å². The molecule has 0 aliphatic carbocycles. The van der Waals surface area contributed by atoms with E-state index in [0.717, 1.165) is 17.9 Å². The average Bonchev–Trinajstić information content (AvgIpc) is 2.70. The molecule has 0 radical (unpaired) electrons. The highest BCUT2D eigenvalue weighted by Crippen LogP contribution is 2.40. The Balaban J connectivity index is 2.12. The molecule has 24 heavy (non-hydrogen) atoms. The third kappa shape index (κ3) is 2.78. The number of hydrogen-bond acceptors (Lipinski definition) is 3. The van der Waals surface area contributed by atoms with Gasteiger partial charge >= 0.3 is 0 Å². The standard InChI is InChI=1S/C19H21N3O2/c1-3-20-13-12-18(23)22-15-9-5-4-8-14(15)19(24)21(2)16-10-6-7-11-17(16)22/h4-11,20H,3,12-13H2,1-2H3. The Labute approximate surface area is 141 Å². The molecule has 0 fully saturated rings. The van der Waals surface area contributed by atoms with Crippen molar-refractivity contribution < 1.29 is 9.59 Å². The normalized spacial score (nSPS) is 13.3. The van der Waals surface area contributed by atoms with E-state index < -0.39 is 0 Å². The molecule has 0 unspecified atom stereocenters. The molecular formula is C19H21N3O2. The minimum absolute atomic E-state index is 0.0288. The van der Waals surface area contributed by atoms with Gasteiger partial charge in [0.05, 0.1) is 22.6 Å². The lowest BCUT2D eigenvalue weighted by atomic mass is 10.1. The summed E-state index contributed by atoms with van der Waals surface area (Å²) in [5.74, 6) is -0.140. The highest BCUT2D eigenvalue weighted by atomic mass is 16.2. The van der Waals surface area contributed by atoms with Crippen LogP contribution in [-0.2, 0) is 4.79 Å². The summed E-state index contributed by atoms with van der Waals surface area (Å²) < 4.78 is 0. The second kappa shape index (κ2) is 6.84. The lowest BCUT2D eigenvalue weighted by Crippen LogP contribution is -2.29. The van der Waals surface area contributed by atoms with Crippen molar-refractivity contribution in [3.05, 3.63) is 54.1 Å². The summed E-state index contributed by atoms with van der Waals surface area (Å²) in [6.07, 6.45) is 0.369. The van der Waals surface area contributed by atoms with Crippen LogP contribution in [0.15, 0.2) is 48.5 Å². The van der Waals surface area contributed by atoms with Crippen molar-refractivity contribution in [3.63, 3.8) is 0 Å². The Hall–Kier alpha value is -2.66. The summed E-state index contributed by atoms with van der Waals surface area (Å²) in [6, 6.07) is 14.8. The van der Waals surface area contributed by atoms with Crippen LogP contribution in [0.4, 0.5) is 17.1 Å². The van der Waals surface area contributed by atoms with E-state index in [9.17, 15) is 9.59 Å². The van der Waals surface area contributed by atoms with Crippen molar-refractivity contribution in [1.82, 2.24) is 5.32 Å². The number of nitrogens with zero attached hydrogens (tertiary/aromatic N) is 2. The van der Waals surface area contributed by atoms with Gasteiger partial charge in [-0.2, -0.15) is 0 Å². The number of fused-ring (bicyclic) bond motifs is 2. The van der Waals surface area contributed by atoms with Crippen molar-refractivity contribution in [3.8, 4) is 0 Å². The third-order valence-corrected chi connectivity index (χ3v) is 4.18. The Kier molecular flexibility index (Phi) is 4.62. The van der Waals surface area contributed by atoms with Gasteiger partial charge in [-0.15, -0.1) is 0 Å². The molecule has 1 aliphatic rings. The lowest BCUT2D eigenvalue weighted by Gasteiger charge is -2.24. The molecule has 1 heterocycles. The highest BCUT2D eigenvalue weighted by Gasteiger charge is 2.31. The quantitative estimate of drug-likeness (QED) is 0.880. The van der Waals surface area contributed by atoms with Gasteiger partial charge in [-0.1, -0.05) is 31.2 Å². The summed E-state index contributed by atoms with van der Waals surface area (Å²) >= 11 is 0. The van der Waals surface area contributed by atoms with Gasteiger partial charge in [0.15, 0.2) is 0 Å². The number of nitrogens with one attached hydrogen (secondary N) is 1. The molecule has 0 saturated carbocycles. The monoisotopic (exact) mass is 323 g/mol. The second-order valence-corrected chi connectivity index (χ2v) is 5.70. The number of amides is 2. The minimum atomic E-state index is -0.111. The molecule has 1 N–H and O–H groups in total. The lowest BCUT2D eigenvalue weighted by molar-refractivity contribution is -0.117. The maximum atomic E-state index is 12.9. The first-order valence-electron chi connectivity index (χ1n) is 8.15. The van der Waals surface area contributed by atoms with Gasteiger partial charge in [0.25, 0.3) is 5.91 Å². The summed E-state index contributed by atoms with van der Waals surface area (Å²) in [4.78, 5) is 29.0. The fourth-order valence-corrected chi connectivity index (χ4v) is 2.96. The molecule has 124 valence electrons. The van der Waals surface area contributed by atoms with E-state index in [1.807, 2.05) is 49.4 Å². The van der Waals surface area contributed by atoms with Crippen LogP contribution < -0.4 is 15.1 Å². The maximum absolute atomic E-state index is 12.9. The zero-order chi connectivity index (χ0) is 17.1. The first kappa shape index (κ1) is 16.2. The van der Waals surface area contributed by atoms with Gasteiger partial charge in [0.2, 0.25) is 5.91 Å². The fraction of sp³-hybridized carbons (Fsp3) is 0.263. The molecule has 0 bridgehead atoms. The predicted octanol–water partition coefficient (Wildman–Crippen LogP) is 2.94. The summed E-state index contributed by atoms with van der Waals surface area (Å²) in [5, 5.41) is 3.17. The molecule has 5 heteroatoms. The van der Waals surface area contributed by atoms with Crippen molar-refractivity contribution in [2.75, 3.05) is 29.9 Å². The molecule has 3 rings (SSSR count). The van der Waals surface area contributed by atoms with Crippen molar-refractivity contribution in [1.29, 1.82) is 0 Å². The Morgan fingerprint density at radius 2 is 1.62 bits per heavy atom. The number of hydrogen-bond donors (Lipinski definition) is 1. The van der Waals surface area contributed by atoms with Crippen LogP contribution in [0.25, 0.3) is 0 Å². The van der Waals surface area contributed by atoms with Gasteiger partial charge in [-0.25, -0.2) is 0 Å². The molecule has 0 atom stereocenters. The number of benzene rings is 2. The van der Waals surface area contributed by atoms with E-state index in [4.69, 9.17) is 0 Å². The molecule has 5 nitrogen and oxygen atoms in total. The van der Waals surface area contributed by atoms with Crippen LogP contribution in [0.5, 0.6) is 0 Å². The molecule has 2 amide bonds. The first-order valence-corrected chi connectivity index (χ1v) is 8.15. The summed E-state index contributed by atoms with van der Waals surface area (Å²) in [5.41, 5.74) is 2.64. The summed E-state index contributed by atoms with van der Waals surface area (Å²) in [7, 11) is 1.74. The van der Waals surface area contributed by atoms with Crippen LogP contribution >= 0.6 is 0 Å². The zero-order valence-electron chi connectivity index (χ0n) is 14.0. The zero-order valence-corrected chi connectivity index (χ0v) is 14.0. The van der Waals surface area contributed by atoms with Crippen molar-refractivity contribution in [2.45, 2.75) is 13.3 Å². The molecule has 1 aliphatic heterocycles. The first-order chi connectivity index (χ1) is 11.6. The van der Waals surface area contributed by atoms with E-state index >= 15 is 0 Å². The maximum Gasteiger partial charge on any atom is 0.260 e. The molecule has 0 saturated heterocycles. The molecule has 0 aromatic heterocycles. The number of carbonyl (C=O) groups excluding carboxylic acids is 2. The van der Waals surface area contributed by atoms with Crippen molar-refractivity contribution >= 4 is 28.9 Å². The minimum Gasteiger partial charge on any atom is -0.316 e. The van der Waals surface area contributed by atoms with Gasteiger partial charge in [0, 0.05) is 20.0 Å². The van der Waals surface area contributed by atoms with Gasteiger partial charge < -0.3 is 10.2 Å². The fourth-order valence-electron chi connectivity index (χ4n) is 2.96. The molecule has 0 spiro atoms. The Morgan fingerprint density at radius 3 is 2.33 bits per heavy atom. The van der Waals surface area contributed by atoms with Gasteiger partial charge in [-0.3, -0.25) is 14.5 Å². The van der Waals surface area contributed by atoms with E-state index in [0.29, 0.717) is 24.2 Å². The Bertz CT molecular complexity index is 773. The van der Waals surface area contributed by atoms with E-state index in [1.165, 1.54) is 0 Å². The average molecular weight is 323 g/mol. The largest absolute Gasteiger partial charge is 0.316 e.